The first-order valence-corrected chi connectivity index (χ1v) is 13.5. The summed E-state index contributed by atoms with van der Waals surface area (Å²) in [7, 11) is 0. The molecule has 100 valence electrons. The topological polar surface area (TPSA) is 12.4 Å². The molecule has 0 bridgehead atoms. The van der Waals surface area contributed by atoms with E-state index < -0.39 is 17.0 Å². The fourth-order valence-corrected chi connectivity index (χ4v) is 7.94. The second-order valence-corrected chi connectivity index (χ2v) is 18.1. The molecule has 0 radical (unpaired) electrons. The van der Waals surface area contributed by atoms with E-state index in [0.717, 1.165) is 12.8 Å². The SMILES string of the molecule is CCC(C)P(Cl)(Cl)=NC(C)(CC)[PH](C)(Cl)Cl. The number of halogens is 4. The zero-order valence-electron chi connectivity index (χ0n) is 10.4. The molecule has 0 amide bonds. The third-order valence-corrected chi connectivity index (χ3v) is 12.7. The van der Waals surface area contributed by atoms with Gasteiger partial charge < -0.3 is 0 Å². The Hall–Kier alpha value is 1.82. The van der Waals surface area contributed by atoms with E-state index in [2.05, 4.69) is 11.7 Å². The Morgan fingerprint density at radius 3 is 2.00 bits per heavy atom. The van der Waals surface area contributed by atoms with Crippen LogP contribution in [0.25, 0.3) is 0 Å². The Bertz CT molecular complexity index is 284. The molecule has 0 aromatic rings. The fraction of sp³-hybridized carbons (Fsp3) is 1.00. The summed E-state index contributed by atoms with van der Waals surface area (Å²) in [4.78, 5) is 0. The van der Waals surface area contributed by atoms with Crippen molar-refractivity contribution < 1.29 is 0 Å². The Morgan fingerprint density at radius 1 is 1.31 bits per heavy atom. The zero-order chi connectivity index (χ0) is 13.2. The van der Waals surface area contributed by atoms with Gasteiger partial charge in [0.1, 0.15) is 0 Å². The Morgan fingerprint density at radius 2 is 1.75 bits per heavy atom. The third-order valence-electron chi connectivity index (χ3n) is 3.11. The van der Waals surface area contributed by atoms with Crippen molar-refractivity contribution in [2.75, 3.05) is 6.66 Å². The molecule has 0 heterocycles. The summed E-state index contributed by atoms with van der Waals surface area (Å²) in [6.45, 7) is 9.92. The molecule has 0 aliphatic heterocycles. The minimum atomic E-state index is -2.44. The second kappa shape index (κ2) is 6.31. The van der Waals surface area contributed by atoms with Gasteiger partial charge in [0, 0.05) is 0 Å². The molecule has 0 fully saturated rings. The van der Waals surface area contributed by atoms with Crippen LogP contribution in [0.3, 0.4) is 0 Å². The summed E-state index contributed by atoms with van der Waals surface area (Å²) in [5.74, 6) is -4.78. The summed E-state index contributed by atoms with van der Waals surface area (Å²) < 4.78 is 4.64. The molecule has 0 saturated heterocycles. The van der Waals surface area contributed by atoms with Crippen molar-refractivity contribution in [3.8, 4) is 0 Å². The van der Waals surface area contributed by atoms with Crippen molar-refractivity contribution >= 4 is 56.7 Å². The van der Waals surface area contributed by atoms with Crippen LogP contribution in [-0.2, 0) is 0 Å². The van der Waals surface area contributed by atoms with Gasteiger partial charge >= 0.3 is 120 Å². The molecular weight excluding hydrogens is 326 g/mol. The fourth-order valence-electron chi connectivity index (χ4n) is 1.08. The molecule has 0 aromatic heterocycles. The summed E-state index contributed by atoms with van der Waals surface area (Å²) in [5.41, 5.74) is 0.186. The summed E-state index contributed by atoms with van der Waals surface area (Å²) in [5, 5.41) is -0.475. The van der Waals surface area contributed by atoms with Crippen molar-refractivity contribution in [1.82, 2.24) is 0 Å². The van der Waals surface area contributed by atoms with E-state index in [1.807, 2.05) is 27.4 Å². The molecule has 0 aliphatic carbocycles. The van der Waals surface area contributed by atoms with Crippen LogP contribution in [-0.4, -0.2) is 17.6 Å². The van der Waals surface area contributed by atoms with E-state index >= 15 is 0 Å². The normalized spacial score (nSPS) is 20.1. The van der Waals surface area contributed by atoms with E-state index in [1.54, 1.807) is 0 Å². The molecule has 0 saturated carbocycles. The number of hydrogen-bond acceptors (Lipinski definition) is 1. The van der Waals surface area contributed by atoms with Crippen molar-refractivity contribution in [3.05, 3.63) is 0 Å². The van der Waals surface area contributed by atoms with Crippen molar-refractivity contribution in [2.45, 2.75) is 51.5 Å². The zero-order valence-corrected chi connectivity index (χ0v) is 15.3. The maximum absolute atomic E-state index is 6.37. The van der Waals surface area contributed by atoms with Gasteiger partial charge in [0.05, 0.1) is 0 Å². The van der Waals surface area contributed by atoms with Crippen LogP contribution in [0.4, 0.5) is 0 Å². The molecule has 0 aliphatic rings. The van der Waals surface area contributed by atoms with Crippen LogP contribution in [0, 0.1) is 0 Å². The number of rotatable bonds is 5. The molecular formula is C9H21Cl4NP2. The first-order chi connectivity index (χ1) is 7.00. The molecule has 2 unspecified atom stereocenters. The van der Waals surface area contributed by atoms with Crippen molar-refractivity contribution in [2.24, 2.45) is 4.74 Å². The quantitative estimate of drug-likeness (QED) is 0.470. The molecule has 0 spiro atoms. The van der Waals surface area contributed by atoms with Crippen LogP contribution < -0.4 is 0 Å². The van der Waals surface area contributed by atoms with E-state index in [4.69, 9.17) is 45.0 Å². The molecule has 0 aromatic carbocycles. The average Bonchev–Trinajstić information content (AvgIpc) is 2.13. The minimum absolute atomic E-state index is 0.186. The molecule has 7 heteroatoms. The van der Waals surface area contributed by atoms with Gasteiger partial charge in [0.2, 0.25) is 0 Å². The van der Waals surface area contributed by atoms with Gasteiger partial charge in [-0.1, -0.05) is 0 Å². The van der Waals surface area contributed by atoms with Gasteiger partial charge in [0.15, 0.2) is 0 Å². The van der Waals surface area contributed by atoms with Gasteiger partial charge in [-0.05, 0) is 0 Å². The van der Waals surface area contributed by atoms with Gasteiger partial charge in [0.25, 0.3) is 0 Å². The van der Waals surface area contributed by atoms with E-state index in [1.165, 1.54) is 0 Å². The first kappa shape index (κ1) is 17.8. The second-order valence-electron chi connectivity index (χ2n) is 4.40. The first-order valence-electron chi connectivity index (χ1n) is 5.40. The van der Waals surface area contributed by atoms with Crippen LogP contribution in [0.15, 0.2) is 4.74 Å². The Balaban J connectivity index is 5.40. The Kier molecular flexibility index (Phi) is 7.03. The predicted octanol–water partition coefficient (Wildman–Crippen LogP) is 7.11. The maximum atomic E-state index is 6.37. The molecule has 16 heavy (non-hydrogen) atoms. The van der Waals surface area contributed by atoms with Crippen molar-refractivity contribution in [3.63, 3.8) is 0 Å². The standard InChI is InChI=1S/C9H21Cl4NP2/c1-6-8(3)16(12,13)14-9(4,7-2)15(5,10)11/h8,15H,6-7H2,1-5H3. The van der Waals surface area contributed by atoms with Gasteiger partial charge in [-0.15, -0.1) is 0 Å². The van der Waals surface area contributed by atoms with Crippen LogP contribution in [0.2, 0.25) is 0 Å². The predicted molar refractivity (Wildman–Crippen MR) is 85.4 cm³/mol. The summed E-state index contributed by atoms with van der Waals surface area (Å²) >= 11 is 25.4. The molecule has 0 N–H and O–H groups in total. The van der Waals surface area contributed by atoms with Crippen LogP contribution in [0.1, 0.15) is 40.5 Å². The monoisotopic (exact) mass is 345 g/mol. The number of hydrogen-bond donors (Lipinski definition) is 0. The molecule has 0 rings (SSSR count). The molecule has 1 nitrogen and oxygen atoms in total. The third kappa shape index (κ3) is 4.49. The summed E-state index contributed by atoms with van der Waals surface area (Å²) in [6, 6.07) is 0. The molecule has 2 atom stereocenters. The average molecular weight is 347 g/mol. The van der Waals surface area contributed by atoms with Crippen LogP contribution in [0.5, 0.6) is 0 Å². The number of nitrogens with zero attached hydrogens (tertiary/aromatic N) is 1. The Labute approximate surface area is 119 Å². The van der Waals surface area contributed by atoms with E-state index in [-0.39, 0.29) is 5.66 Å². The van der Waals surface area contributed by atoms with E-state index in [0.29, 0.717) is 0 Å². The van der Waals surface area contributed by atoms with Gasteiger partial charge in [-0.3, -0.25) is 0 Å². The van der Waals surface area contributed by atoms with Crippen LogP contribution >= 0.6 is 56.7 Å². The van der Waals surface area contributed by atoms with Crippen molar-refractivity contribution in [1.29, 1.82) is 0 Å². The van der Waals surface area contributed by atoms with Gasteiger partial charge in [-0.25, -0.2) is 0 Å². The summed E-state index contributed by atoms with van der Waals surface area (Å²) in [6.07, 6.45) is 1.67. The van der Waals surface area contributed by atoms with E-state index in [9.17, 15) is 0 Å². The van der Waals surface area contributed by atoms with Gasteiger partial charge in [-0.2, -0.15) is 0 Å².